The first-order valence-electron chi connectivity index (χ1n) is 6.02. The molecule has 1 aromatic heterocycles. The van der Waals surface area contributed by atoms with Crippen LogP contribution < -0.4 is 11.1 Å². The van der Waals surface area contributed by atoms with E-state index in [0.717, 1.165) is 6.07 Å². The van der Waals surface area contributed by atoms with Crippen molar-refractivity contribution in [2.24, 2.45) is 5.73 Å². The SMILES string of the molecule is NCC#Cc1cccnc1C(=O)Nc1ccc(Cl)c(F)c1. The Morgan fingerprint density at radius 1 is 1.43 bits per heavy atom. The summed E-state index contributed by atoms with van der Waals surface area (Å²) in [6, 6.07) is 7.32. The molecule has 3 N–H and O–H groups in total. The number of hydrogen-bond donors (Lipinski definition) is 2. The molecule has 21 heavy (non-hydrogen) atoms. The van der Waals surface area contributed by atoms with E-state index in [2.05, 4.69) is 22.1 Å². The Bertz CT molecular complexity index is 737. The van der Waals surface area contributed by atoms with Gasteiger partial charge in [0.05, 0.1) is 17.1 Å². The molecule has 0 saturated carbocycles. The van der Waals surface area contributed by atoms with Gasteiger partial charge in [-0.1, -0.05) is 23.4 Å². The van der Waals surface area contributed by atoms with Crippen molar-refractivity contribution in [1.29, 1.82) is 0 Å². The highest BCUT2D eigenvalue weighted by Gasteiger charge is 2.12. The van der Waals surface area contributed by atoms with Crippen molar-refractivity contribution in [3.05, 3.63) is 58.6 Å². The number of nitrogens with one attached hydrogen (secondary N) is 1. The number of anilines is 1. The third kappa shape index (κ3) is 3.78. The second-order valence-corrected chi connectivity index (χ2v) is 4.40. The first-order valence-corrected chi connectivity index (χ1v) is 6.40. The van der Waals surface area contributed by atoms with E-state index in [1.165, 1.54) is 18.3 Å². The molecule has 0 fully saturated rings. The van der Waals surface area contributed by atoms with Crippen LogP contribution in [0.1, 0.15) is 16.1 Å². The number of halogens is 2. The van der Waals surface area contributed by atoms with E-state index in [1.54, 1.807) is 12.1 Å². The number of amides is 1. The van der Waals surface area contributed by atoms with Crippen LogP contribution in [-0.4, -0.2) is 17.4 Å². The molecule has 0 aliphatic heterocycles. The van der Waals surface area contributed by atoms with Gasteiger partial charge in [0.2, 0.25) is 0 Å². The minimum atomic E-state index is -0.612. The second kappa shape index (κ2) is 6.84. The van der Waals surface area contributed by atoms with Crippen molar-refractivity contribution in [3.8, 4) is 11.8 Å². The molecule has 106 valence electrons. The first kappa shape index (κ1) is 15.0. The van der Waals surface area contributed by atoms with Crippen LogP contribution in [0.2, 0.25) is 5.02 Å². The molecular weight excluding hydrogens is 293 g/mol. The number of pyridine rings is 1. The predicted molar refractivity (Wildman–Crippen MR) is 79.5 cm³/mol. The van der Waals surface area contributed by atoms with E-state index in [0.29, 0.717) is 5.56 Å². The minimum Gasteiger partial charge on any atom is -0.321 e. The monoisotopic (exact) mass is 303 g/mol. The molecule has 0 saturated heterocycles. The number of nitrogens with two attached hydrogens (primary N) is 1. The molecule has 4 nitrogen and oxygen atoms in total. The lowest BCUT2D eigenvalue weighted by atomic mass is 10.2. The summed E-state index contributed by atoms with van der Waals surface area (Å²) in [4.78, 5) is 16.2. The molecule has 2 aromatic rings. The highest BCUT2D eigenvalue weighted by atomic mass is 35.5. The fraction of sp³-hybridized carbons (Fsp3) is 0.0667. The van der Waals surface area contributed by atoms with Crippen molar-refractivity contribution < 1.29 is 9.18 Å². The van der Waals surface area contributed by atoms with Gasteiger partial charge in [-0.05, 0) is 30.3 Å². The maximum Gasteiger partial charge on any atom is 0.275 e. The zero-order chi connectivity index (χ0) is 15.2. The van der Waals surface area contributed by atoms with E-state index < -0.39 is 11.7 Å². The van der Waals surface area contributed by atoms with Gasteiger partial charge in [0.25, 0.3) is 5.91 Å². The van der Waals surface area contributed by atoms with E-state index in [1.807, 2.05) is 0 Å². The molecule has 0 aliphatic carbocycles. The van der Waals surface area contributed by atoms with E-state index in [-0.39, 0.29) is 22.9 Å². The molecular formula is C15H11ClFN3O. The van der Waals surface area contributed by atoms with Gasteiger partial charge >= 0.3 is 0 Å². The fourth-order valence-electron chi connectivity index (χ4n) is 1.60. The summed E-state index contributed by atoms with van der Waals surface area (Å²) >= 11 is 5.59. The van der Waals surface area contributed by atoms with Gasteiger partial charge in [0.1, 0.15) is 11.5 Å². The van der Waals surface area contributed by atoms with Crippen molar-refractivity contribution in [1.82, 2.24) is 4.98 Å². The fourth-order valence-corrected chi connectivity index (χ4v) is 1.72. The molecule has 1 aromatic carbocycles. The van der Waals surface area contributed by atoms with Gasteiger partial charge in [-0.2, -0.15) is 0 Å². The van der Waals surface area contributed by atoms with E-state index >= 15 is 0 Å². The summed E-state index contributed by atoms with van der Waals surface area (Å²) in [5.41, 5.74) is 6.19. The lowest BCUT2D eigenvalue weighted by Gasteiger charge is -2.06. The summed E-state index contributed by atoms with van der Waals surface area (Å²) < 4.78 is 13.3. The number of aromatic nitrogens is 1. The van der Waals surface area contributed by atoms with E-state index in [4.69, 9.17) is 17.3 Å². The number of carbonyl (C=O) groups excluding carboxylic acids is 1. The first-order chi connectivity index (χ1) is 10.1. The third-order valence-electron chi connectivity index (χ3n) is 2.53. The maximum absolute atomic E-state index is 13.3. The summed E-state index contributed by atoms with van der Waals surface area (Å²) in [6.07, 6.45) is 1.48. The number of hydrogen-bond acceptors (Lipinski definition) is 3. The Hall–Kier alpha value is -2.42. The molecule has 2 rings (SSSR count). The molecule has 0 atom stereocenters. The lowest BCUT2D eigenvalue weighted by molar-refractivity contribution is 0.102. The Labute approximate surface area is 126 Å². The Kier molecular flexibility index (Phi) is 4.88. The van der Waals surface area contributed by atoms with Crippen LogP contribution in [0, 0.1) is 17.7 Å². The van der Waals surface area contributed by atoms with Gasteiger partial charge in [0, 0.05) is 11.9 Å². The molecule has 0 bridgehead atoms. The second-order valence-electron chi connectivity index (χ2n) is 3.99. The summed E-state index contributed by atoms with van der Waals surface area (Å²) in [5.74, 6) is 4.33. The van der Waals surface area contributed by atoms with Crippen molar-refractivity contribution in [3.63, 3.8) is 0 Å². The molecule has 1 amide bonds. The molecule has 0 radical (unpaired) electrons. The number of nitrogens with zero attached hydrogens (tertiary/aromatic N) is 1. The Balaban J connectivity index is 2.26. The standard InChI is InChI=1S/C15H11ClFN3O/c16-12-6-5-11(9-13(12)17)20-15(21)14-10(3-1-7-18)4-2-8-19-14/h2,4-6,8-9H,7,18H2,(H,20,21). The zero-order valence-electron chi connectivity index (χ0n) is 10.9. The van der Waals surface area contributed by atoms with Gasteiger partial charge in [0.15, 0.2) is 0 Å². The summed E-state index contributed by atoms with van der Waals surface area (Å²) in [6.45, 7) is 0.179. The van der Waals surface area contributed by atoms with Crippen molar-refractivity contribution >= 4 is 23.2 Å². The van der Waals surface area contributed by atoms with Gasteiger partial charge < -0.3 is 11.1 Å². The average Bonchev–Trinajstić information content (AvgIpc) is 2.49. The molecule has 0 spiro atoms. The van der Waals surface area contributed by atoms with Crippen LogP contribution in [0.5, 0.6) is 0 Å². The molecule has 6 heteroatoms. The minimum absolute atomic E-state index is 0.0136. The van der Waals surface area contributed by atoms with Crippen LogP contribution >= 0.6 is 11.6 Å². The highest BCUT2D eigenvalue weighted by Crippen LogP contribution is 2.19. The normalized spacial score (nSPS) is 9.67. The van der Waals surface area contributed by atoms with Gasteiger partial charge in [-0.3, -0.25) is 4.79 Å². The molecule has 1 heterocycles. The van der Waals surface area contributed by atoms with Crippen LogP contribution in [0.3, 0.4) is 0 Å². The van der Waals surface area contributed by atoms with Crippen LogP contribution in [-0.2, 0) is 0 Å². The smallest absolute Gasteiger partial charge is 0.275 e. The van der Waals surface area contributed by atoms with Crippen LogP contribution in [0.4, 0.5) is 10.1 Å². The lowest BCUT2D eigenvalue weighted by Crippen LogP contribution is -2.15. The predicted octanol–water partition coefficient (Wildman–Crippen LogP) is 2.44. The average molecular weight is 304 g/mol. The maximum atomic E-state index is 13.3. The zero-order valence-corrected chi connectivity index (χ0v) is 11.6. The van der Waals surface area contributed by atoms with Crippen LogP contribution in [0.15, 0.2) is 36.5 Å². The number of rotatable bonds is 2. The Morgan fingerprint density at radius 3 is 2.95 bits per heavy atom. The summed E-state index contributed by atoms with van der Waals surface area (Å²) in [7, 11) is 0. The topological polar surface area (TPSA) is 68.0 Å². The van der Waals surface area contributed by atoms with E-state index in [9.17, 15) is 9.18 Å². The summed E-state index contributed by atoms with van der Waals surface area (Å²) in [5, 5.41) is 2.53. The van der Waals surface area contributed by atoms with Crippen molar-refractivity contribution in [2.45, 2.75) is 0 Å². The Morgan fingerprint density at radius 2 is 2.24 bits per heavy atom. The largest absolute Gasteiger partial charge is 0.321 e. The van der Waals surface area contributed by atoms with Crippen molar-refractivity contribution in [2.75, 3.05) is 11.9 Å². The number of benzene rings is 1. The molecule has 0 unspecified atom stereocenters. The highest BCUT2D eigenvalue weighted by molar-refractivity contribution is 6.30. The quantitative estimate of drug-likeness (QED) is 0.837. The van der Waals surface area contributed by atoms with Crippen LogP contribution in [0.25, 0.3) is 0 Å². The van der Waals surface area contributed by atoms with Gasteiger partial charge in [-0.25, -0.2) is 9.37 Å². The number of carbonyl (C=O) groups is 1. The molecule has 0 aliphatic rings. The third-order valence-corrected chi connectivity index (χ3v) is 2.83. The van der Waals surface area contributed by atoms with Gasteiger partial charge in [-0.15, -0.1) is 0 Å².